The summed E-state index contributed by atoms with van der Waals surface area (Å²) in [6.45, 7) is 12.3. The molecule has 0 rings (SSSR count). The Morgan fingerprint density at radius 1 is 1.17 bits per heavy atom. The monoisotopic (exact) mass is 167 g/mol. The first-order valence-electron chi connectivity index (χ1n) is 4.07. The Bertz CT molecular complexity index is 193. The van der Waals surface area contributed by atoms with E-state index in [1.165, 1.54) is 11.1 Å². The molecule has 3 N–H and O–H groups in total. The van der Waals surface area contributed by atoms with Gasteiger partial charge in [-0.25, -0.2) is 0 Å². The highest BCUT2D eigenvalue weighted by Gasteiger charge is 1.89. The third-order valence-electron chi connectivity index (χ3n) is 1.59. The lowest BCUT2D eigenvalue weighted by molar-refractivity contribution is 1.10. The quantitative estimate of drug-likeness (QED) is 0.633. The molecule has 0 saturated carbocycles. The van der Waals surface area contributed by atoms with E-state index in [-0.39, 0.29) is 6.15 Å². The van der Waals surface area contributed by atoms with E-state index in [0.29, 0.717) is 0 Å². The topological polar surface area (TPSA) is 35.0 Å². The zero-order valence-corrected chi connectivity index (χ0v) is 8.78. The SMILES string of the molecule is C=C(C)/C=C\C(CC)=C(C)C.N. The van der Waals surface area contributed by atoms with E-state index in [4.69, 9.17) is 0 Å². The largest absolute Gasteiger partial charge is 0.344 e. The normalized spacial score (nSPS) is 9.33. The fraction of sp³-hybridized carbons (Fsp3) is 0.455. The van der Waals surface area contributed by atoms with Crippen LogP contribution < -0.4 is 6.15 Å². The van der Waals surface area contributed by atoms with E-state index in [1.54, 1.807) is 0 Å². The van der Waals surface area contributed by atoms with Crippen LogP contribution in [0.1, 0.15) is 34.1 Å². The van der Waals surface area contributed by atoms with Gasteiger partial charge < -0.3 is 6.15 Å². The van der Waals surface area contributed by atoms with Gasteiger partial charge in [0.25, 0.3) is 0 Å². The highest BCUT2D eigenvalue weighted by molar-refractivity contribution is 5.27. The van der Waals surface area contributed by atoms with Crippen molar-refractivity contribution in [1.82, 2.24) is 6.15 Å². The summed E-state index contributed by atoms with van der Waals surface area (Å²) in [5.74, 6) is 0. The number of hydrogen-bond donors (Lipinski definition) is 1. The van der Waals surface area contributed by atoms with Crippen LogP contribution in [0, 0.1) is 0 Å². The summed E-state index contributed by atoms with van der Waals surface area (Å²) in [7, 11) is 0. The smallest absolute Gasteiger partial charge is 0.0308 e. The summed E-state index contributed by atoms with van der Waals surface area (Å²) >= 11 is 0. The molecule has 0 atom stereocenters. The van der Waals surface area contributed by atoms with Gasteiger partial charge in [-0.15, -0.1) is 0 Å². The Kier molecular flexibility index (Phi) is 7.86. The van der Waals surface area contributed by atoms with Crippen molar-refractivity contribution in [3.63, 3.8) is 0 Å². The van der Waals surface area contributed by atoms with Crippen LogP contribution in [0.4, 0.5) is 0 Å². The van der Waals surface area contributed by atoms with Crippen LogP contribution >= 0.6 is 0 Å². The molecule has 1 heteroatoms. The minimum absolute atomic E-state index is 0. The number of hydrogen-bond acceptors (Lipinski definition) is 1. The lowest BCUT2D eigenvalue weighted by Crippen LogP contribution is -1.78. The van der Waals surface area contributed by atoms with E-state index >= 15 is 0 Å². The molecular formula is C11H21N. The standard InChI is InChI=1S/C11H18.H3N/c1-6-11(10(4)5)8-7-9(2)3;/h7-8H,2,6H2,1,3-5H3;1H3/b8-7-;. The maximum atomic E-state index is 3.81. The van der Waals surface area contributed by atoms with E-state index in [1.807, 2.05) is 6.92 Å². The second kappa shape index (κ2) is 6.86. The molecule has 0 radical (unpaired) electrons. The van der Waals surface area contributed by atoms with Crippen molar-refractivity contribution in [1.29, 1.82) is 0 Å². The van der Waals surface area contributed by atoms with Crippen LogP contribution in [0.3, 0.4) is 0 Å². The Hall–Kier alpha value is -0.820. The first-order chi connectivity index (χ1) is 5.07. The van der Waals surface area contributed by atoms with Gasteiger partial charge in [0.15, 0.2) is 0 Å². The van der Waals surface area contributed by atoms with Gasteiger partial charge in [0.05, 0.1) is 0 Å². The summed E-state index contributed by atoms with van der Waals surface area (Å²) < 4.78 is 0. The second-order valence-corrected chi connectivity index (χ2v) is 3.06. The van der Waals surface area contributed by atoms with E-state index < -0.39 is 0 Å². The van der Waals surface area contributed by atoms with Gasteiger partial charge in [-0.2, -0.15) is 0 Å². The Labute approximate surface area is 76.5 Å². The molecule has 0 saturated heterocycles. The molecule has 0 fully saturated rings. The van der Waals surface area contributed by atoms with Crippen LogP contribution in [0.15, 0.2) is 35.5 Å². The van der Waals surface area contributed by atoms with Crippen molar-refractivity contribution in [3.05, 3.63) is 35.5 Å². The first kappa shape index (κ1) is 13.7. The van der Waals surface area contributed by atoms with Gasteiger partial charge in [0.1, 0.15) is 0 Å². The molecule has 0 aromatic rings. The molecule has 0 unspecified atom stereocenters. The average molecular weight is 167 g/mol. The van der Waals surface area contributed by atoms with E-state index in [0.717, 1.165) is 12.0 Å². The first-order valence-corrected chi connectivity index (χ1v) is 4.07. The highest BCUT2D eigenvalue weighted by Crippen LogP contribution is 2.09. The summed E-state index contributed by atoms with van der Waals surface area (Å²) in [4.78, 5) is 0. The summed E-state index contributed by atoms with van der Waals surface area (Å²) in [5, 5.41) is 0. The molecule has 0 aromatic heterocycles. The Morgan fingerprint density at radius 2 is 1.67 bits per heavy atom. The van der Waals surface area contributed by atoms with Crippen molar-refractivity contribution in [3.8, 4) is 0 Å². The van der Waals surface area contributed by atoms with Crippen LogP contribution in [-0.2, 0) is 0 Å². The van der Waals surface area contributed by atoms with Crippen molar-refractivity contribution in [2.75, 3.05) is 0 Å². The molecule has 0 heterocycles. The molecule has 0 bridgehead atoms. The zero-order valence-electron chi connectivity index (χ0n) is 8.78. The van der Waals surface area contributed by atoms with Crippen molar-refractivity contribution < 1.29 is 0 Å². The highest BCUT2D eigenvalue weighted by atomic mass is 14.0. The van der Waals surface area contributed by atoms with Crippen molar-refractivity contribution in [2.24, 2.45) is 0 Å². The lowest BCUT2D eigenvalue weighted by Gasteiger charge is -1.99. The Balaban J connectivity index is 0. The summed E-state index contributed by atoms with van der Waals surface area (Å²) in [6.07, 6.45) is 5.32. The van der Waals surface area contributed by atoms with Crippen LogP contribution in [0.25, 0.3) is 0 Å². The minimum atomic E-state index is 0. The third-order valence-corrected chi connectivity index (χ3v) is 1.59. The summed E-state index contributed by atoms with van der Waals surface area (Å²) in [5.41, 5.74) is 3.91. The fourth-order valence-corrected chi connectivity index (χ4v) is 0.881. The summed E-state index contributed by atoms with van der Waals surface area (Å²) in [6, 6.07) is 0. The average Bonchev–Trinajstić information content (AvgIpc) is 1.87. The van der Waals surface area contributed by atoms with Gasteiger partial charge >= 0.3 is 0 Å². The predicted molar refractivity (Wildman–Crippen MR) is 57.6 cm³/mol. The fourth-order valence-electron chi connectivity index (χ4n) is 0.881. The zero-order chi connectivity index (χ0) is 8.85. The molecule has 0 amide bonds. The van der Waals surface area contributed by atoms with Gasteiger partial charge in [-0.3, -0.25) is 0 Å². The maximum Gasteiger partial charge on any atom is -0.0308 e. The van der Waals surface area contributed by atoms with Crippen LogP contribution in [-0.4, -0.2) is 0 Å². The van der Waals surface area contributed by atoms with E-state index in [9.17, 15) is 0 Å². The third kappa shape index (κ3) is 5.93. The van der Waals surface area contributed by atoms with Gasteiger partial charge in [0, 0.05) is 0 Å². The molecule has 0 spiro atoms. The lowest BCUT2D eigenvalue weighted by atomic mass is 10.1. The van der Waals surface area contributed by atoms with Crippen LogP contribution in [0.5, 0.6) is 0 Å². The van der Waals surface area contributed by atoms with E-state index in [2.05, 4.69) is 39.5 Å². The van der Waals surface area contributed by atoms with Crippen LogP contribution in [0.2, 0.25) is 0 Å². The van der Waals surface area contributed by atoms with Crippen molar-refractivity contribution in [2.45, 2.75) is 34.1 Å². The minimum Gasteiger partial charge on any atom is -0.344 e. The predicted octanol–water partition coefficient (Wildman–Crippen LogP) is 4.03. The maximum absolute atomic E-state index is 3.81. The Morgan fingerprint density at radius 3 is 1.92 bits per heavy atom. The van der Waals surface area contributed by atoms with Gasteiger partial charge in [0.2, 0.25) is 0 Å². The molecule has 0 aromatic carbocycles. The van der Waals surface area contributed by atoms with Crippen molar-refractivity contribution >= 4 is 0 Å². The molecule has 70 valence electrons. The molecular weight excluding hydrogens is 146 g/mol. The molecule has 0 aliphatic carbocycles. The molecule has 0 aliphatic heterocycles. The molecule has 12 heavy (non-hydrogen) atoms. The molecule has 1 nitrogen and oxygen atoms in total. The molecule has 0 aliphatic rings. The number of rotatable bonds is 3. The number of allylic oxidation sites excluding steroid dienone is 5. The van der Waals surface area contributed by atoms with Gasteiger partial charge in [-0.05, 0) is 32.8 Å². The van der Waals surface area contributed by atoms with Gasteiger partial charge in [-0.1, -0.05) is 36.8 Å². The second-order valence-electron chi connectivity index (χ2n) is 3.06.